The van der Waals surface area contributed by atoms with E-state index in [9.17, 15) is 4.39 Å². The molecule has 0 radical (unpaired) electrons. The standard InChI is InChI=1S/C24H37FN2/c1-3-5-7-9-11-16-26-18-13-22(14-19-26)23-15-20-27(21-24(23)25)17-12-10-8-6-4-2/h13-15,18-21H,3-12,16-17H2,1-2H3/q+2. The van der Waals surface area contributed by atoms with Gasteiger partial charge in [0.15, 0.2) is 24.4 Å². The first-order chi connectivity index (χ1) is 13.2. The van der Waals surface area contributed by atoms with E-state index in [1.807, 2.05) is 29.0 Å². The SMILES string of the molecule is CCCCCCC[n+]1ccc(-c2cc[n+](CCCCCCC)cc2F)cc1. The van der Waals surface area contributed by atoms with Crippen molar-refractivity contribution in [3.05, 3.63) is 48.8 Å². The number of hydrogen-bond donors (Lipinski definition) is 0. The molecule has 148 valence electrons. The van der Waals surface area contributed by atoms with Crippen molar-refractivity contribution < 1.29 is 13.5 Å². The minimum Gasteiger partial charge on any atom is -0.205 e. The number of hydrogen-bond acceptors (Lipinski definition) is 0. The Morgan fingerprint density at radius 1 is 0.667 bits per heavy atom. The third-order valence-electron chi connectivity index (χ3n) is 5.21. The van der Waals surface area contributed by atoms with Gasteiger partial charge in [0.25, 0.3) is 0 Å². The van der Waals surface area contributed by atoms with Gasteiger partial charge in [-0.05, 0) is 18.4 Å². The second-order valence-corrected chi connectivity index (χ2v) is 7.60. The summed E-state index contributed by atoms with van der Waals surface area (Å²) in [7, 11) is 0. The van der Waals surface area contributed by atoms with Crippen LogP contribution in [0.3, 0.4) is 0 Å². The maximum Gasteiger partial charge on any atom is 0.205 e. The molecule has 0 bridgehead atoms. The predicted octanol–water partition coefficient (Wildman–Crippen LogP) is 6.01. The van der Waals surface area contributed by atoms with Crippen LogP contribution >= 0.6 is 0 Å². The summed E-state index contributed by atoms with van der Waals surface area (Å²) < 4.78 is 18.7. The van der Waals surface area contributed by atoms with Crippen LogP contribution in [-0.2, 0) is 13.1 Å². The number of aryl methyl sites for hydroxylation is 2. The highest BCUT2D eigenvalue weighted by Gasteiger charge is 2.12. The summed E-state index contributed by atoms with van der Waals surface area (Å²) in [5.41, 5.74) is 1.64. The number of halogens is 1. The fourth-order valence-corrected chi connectivity index (χ4v) is 3.46. The Labute approximate surface area is 165 Å². The topological polar surface area (TPSA) is 7.76 Å². The Balaban J connectivity index is 1.86. The molecule has 0 unspecified atom stereocenters. The molecule has 0 aliphatic carbocycles. The number of pyridine rings is 2. The van der Waals surface area contributed by atoms with E-state index in [1.165, 1.54) is 57.8 Å². The second kappa shape index (κ2) is 12.6. The van der Waals surface area contributed by atoms with Gasteiger partial charge in [-0.1, -0.05) is 52.4 Å². The summed E-state index contributed by atoms with van der Waals surface area (Å²) in [5.74, 6) is -0.136. The van der Waals surface area contributed by atoms with Gasteiger partial charge in [0.2, 0.25) is 6.20 Å². The van der Waals surface area contributed by atoms with Crippen LogP contribution in [-0.4, -0.2) is 0 Å². The molecule has 2 heterocycles. The zero-order valence-corrected chi connectivity index (χ0v) is 17.3. The number of rotatable bonds is 13. The molecule has 0 saturated heterocycles. The lowest BCUT2D eigenvalue weighted by Gasteiger charge is -2.04. The van der Waals surface area contributed by atoms with Crippen molar-refractivity contribution in [3.8, 4) is 11.1 Å². The summed E-state index contributed by atoms with van der Waals surface area (Å²) in [4.78, 5) is 0. The van der Waals surface area contributed by atoms with E-state index >= 15 is 0 Å². The normalized spacial score (nSPS) is 11.1. The van der Waals surface area contributed by atoms with Gasteiger partial charge in [-0.3, -0.25) is 0 Å². The first-order valence-corrected chi connectivity index (χ1v) is 10.9. The molecule has 2 rings (SSSR count). The van der Waals surface area contributed by atoms with Crippen molar-refractivity contribution in [2.45, 2.75) is 91.1 Å². The molecular formula is C24H37FN2+2. The van der Waals surface area contributed by atoms with Crippen LogP contribution in [0.15, 0.2) is 43.0 Å². The van der Waals surface area contributed by atoms with Crippen molar-refractivity contribution in [1.29, 1.82) is 0 Å². The summed E-state index contributed by atoms with van der Waals surface area (Å²) in [6.07, 6.45) is 20.4. The fraction of sp³-hybridized carbons (Fsp3) is 0.583. The zero-order chi connectivity index (χ0) is 19.3. The van der Waals surface area contributed by atoms with Gasteiger partial charge in [0, 0.05) is 36.6 Å². The lowest BCUT2D eigenvalue weighted by molar-refractivity contribution is -0.698. The van der Waals surface area contributed by atoms with Crippen molar-refractivity contribution in [2.75, 3.05) is 0 Å². The van der Waals surface area contributed by atoms with Crippen molar-refractivity contribution in [3.63, 3.8) is 0 Å². The smallest absolute Gasteiger partial charge is 0.205 e. The Hall–Kier alpha value is -1.77. The van der Waals surface area contributed by atoms with Gasteiger partial charge in [0.1, 0.15) is 13.1 Å². The molecule has 2 aromatic rings. The van der Waals surface area contributed by atoms with Crippen LogP contribution in [0, 0.1) is 5.82 Å². The van der Waals surface area contributed by atoms with Crippen molar-refractivity contribution in [1.82, 2.24) is 0 Å². The molecule has 2 nitrogen and oxygen atoms in total. The molecule has 2 aromatic heterocycles. The summed E-state index contributed by atoms with van der Waals surface area (Å²) in [6.45, 7) is 6.40. The Morgan fingerprint density at radius 2 is 1.19 bits per heavy atom. The van der Waals surface area contributed by atoms with E-state index in [4.69, 9.17) is 0 Å². The Bertz CT molecular complexity index is 652. The molecule has 27 heavy (non-hydrogen) atoms. The molecule has 0 aliphatic rings. The lowest BCUT2D eigenvalue weighted by Crippen LogP contribution is -2.33. The first-order valence-electron chi connectivity index (χ1n) is 10.9. The Morgan fingerprint density at radius 3 is 1.74 bits per heavy atom. The van der Waals surface area contributed by atoms with E-state index in [2.05, 4.69) is 30.8 Å². The number of aromatic nitrogens is 2. The van der Waals surface area contributed by atoms with Gasteiger partial charge in [-0.2, -0.15) is 4.39 Å². The Kier molecular flexibility index (Phi) is 10.0. The molecule has 0 atom stereocenters. The maximum atomic E-state index is 14.6. The highest BCUT2D eigenvalue weighted by atomic mass is 19.1. The minimum absolute atomic E-state index is 0.136. The number of nitrogens with zero attached hydrogens (tertiary/aromatic N) is 2. The van der Waals surface area contributed by atoms with E-state index in [0.29, 0.717) is 5.56 Å². The third-order valence-corrected chi connectivity index (χ3v) is 5.21. The lowest BCUT2D eigenvalue weighted by atomic mass is 10.1. The predicted molar refractivity (Wildman–Crippen MR) is 110 cm³/mol. The van der Waals surface area contributed by atoms with E-state index in [0.717, 1.165) is 25.1 Å². The molecule has 0 amide bonds. The molecule has 0 spiro atoms. The van der Waals surface area contributed by atoms with Crippen LogP contribution in [0.4, 0.5) is 4.39 Å². The van der Waals surface area contributed by atoms with Gasteiger partial charge < -0.3 is 0 Å². The third kappa shape index (κ3) is 7.78. The van der Waals surface area contributed by atoms with E-state index in [-0.39, 0.29) is 5.82 Å². The molecule has 0 N–H and O–H groups in total. The van der Waals surface area contributed by atoms with Crippen LogP contribution in [0.1, 0.15) is 78.1 Å². The van der Waals surface area contributed by atoms with Crippen molar-refractivity contribution >= 4 is 0 Å². The fourth-order valence-electron chi connectivity index (χ4n) is 3.46. The average Bonchev–Trinajstić information content (AvgIpc) is 2.68. The van der Waals surface area contributed by atoms with Crippen LogP contribution < -0.4 is 9.13 Å². The van der Waals surface area contributed by atoms with Crippen LogP contribution in [0.5, 0.6) is 0 Å². The molecule has 0 saturated carbocycles. The van der Waals surface area contributed by atoms with Crippen LogP contribution in [0.2, 0.25) is 0 Å². The van der Waals surface area contributed by atoms with Gasteiger partial charge in [-0.15, -0.1) is 0 Å². The van der Waals surface area contributed by atoms with Crippen LogP contribution in [0.25, 0.3) is 11.1 Å². The quantitative estimate of drug-likeness (QED) is 0.300. The van der Waals surface area contributed by atoms with Crippen molar-refractivity contribution in [2.24, 2.45) is 0 Å². The summed E-state index contributed by atoms with van der Waals surface area (Å²) in [5, 5.41) is 0. The molecule has 0 fully saturated rings. The minimum atomic E-state index is -0.136. The number of unbranched alkanes of at least 4 members (excludes halogenated alkanes) is 8. The van der Waals surface area contributed by atoms with Gasteiger partial charge in [0.05, 0.1) is 0 Å². The highest BCUT2D eigenvalue weighted by molar-refractivity contribution is 5.61. The maximum absolute atomic E-state index is 14.6. The largest absolute Gasteiger partial charge is 0.205 e. The second-order valence-electron chi connectivity index (χ2n) is 7.60. The molecular weight excluding hydrogens is 335 g/mol. The van der Waals surface area contributed by atoms with Gasteiger partial charge >= 0.3 is 0 Å². The highest BCUT2D eigenvalue weighted by Crippen LogP contribution is 2.20. The summed E-state index contributed by atoms with van der Waals surface area (Å²) in [6, 6.07) is 5.96. The molecule has 0 aliphatic heterocycles. The summed E-state index contributed by atoms with van der Waals surface area (Å²) >= 11 is 0. The van der Waals surface area contributed by atoms with Gasteiger partial charge in [-0.25, -0.2) is 9.13 Å². The monoisotopic (exact) mass is 372 g/mol. The molecule has 0 aromatic carbocycles. The first kappa shape index (κ1) is 21.5. The van der Waals surface area contributed by atoms with E-state index in [1.54, 1.807) is 6.20 Å². The average molecular weight is 373 g/mol. The van der Waals surface area contributed by atoms with E-state index < -0.39 is 0 Å². The molecule has 3 heteroatoms. The zero-order valence-electron chi connectivity index (χ0n) is 17.3.